The van der Waals surface area contributed by atoms with Crippen molar-refractivity contribution in [2.24, 2.45) is 11.3 Å². The lowest BCUT2D eigenvalue weighted by Gasteiger charge is -2.35. The van der Waals surface area contributed by atoms with Gasteiger partial charge in [0.2, 0.25) is 11.8 Å². The second kappa shape index (κ2) is 6.98. The Bertz CT molecular complexity index is 643. The van der Waals surface area contributed by atoms with E-state index in [0.717, 1.165) is 0 Å². The summed E-state index contributed by atoms with van der Waals surface area (Å²) < 4.78 is 0. The molecule has 2 rings (SSSR count). The van der Waals surface area contributed by atoms with Crippen molar-refractivity contribution in [1.29, 1.82) is 0 Å². The zero-order valence-corrected chi connectivity index (χ0v) is 14.2. The molecule has 0 spiro atoms. The Kier molecular flexibility index (Phi) is 5.21. The lowest BCUT2D eigenvalue weighted by Crippen LogP contribution is -2.45. The number of piperidine rings is 1. The monoisotopic (exact) mass is 333 g/mol. The number of nitro benzene ring substituents is 1. The molecule has 0 aromatic heterocycles. The van der Waals surface area contributed by atoms with Crippen molar-refractivity contribution < 1.29 is 14.5 Å². The van der Waals surface area contributed by atoms with Crippen molar-refractivity contribution in [2.45, 2.75) is 33.6 Å². The first kappa shape index (κ1) is 17.9. The lowest BCUT2D eigenvalue weighted by atomic mass is 9.90. The van der Waals surface area contributed by atoms with Gasteiger partial charge in [-0.25, -0.2) is 0 Å². The SMILES string of the molecule is CC(C)(C)C(=O)N1CCC(C(=O)Nc2cccc([N+](=O)[O-])c2)CC1. The molecule has 0 aliphatic carbocycles. The zero-order valence-electron chi connectivity index (χ0n) is 14.2. The molecule has 1 fully saturated rings. The van der Waals surface area contributed by atoms with Gasteiger partial charge in [0.25, 0.3) is 5.69 Å². The third-order valence-corrected chi connectivity index (χ3v) is 4.12. The summed E-state index contributed by atoms with van der Waals surface area (Å²) in [5.41, 5.74) is -0.0567. The summed E-state index contributed by atoms with van der Waals surface area (Å²) in [7, 11) is 0. The fourth-order valence-corrected chi connectivity index (χ4v) is 2.76. The Morgan fingerprint density at radius 3 is 2.42 bits per heavy atom. The minimum Gasteiger partial charge on any atom is -0.342 e. The van der Waals surface area contributed by atoms with E-state index in [1.807, 2.05) is 20.8 Å². The number of rotatable bonds is 3. The standard InChI is InChI=1S/C17H23N3O4/c1-17(2,3)16(22)19-9-7-12(8-10-19)15(21)18-13-5-4-6-14(11-13)20(23)24/h4-6,11-12H,7-10H2,1-3H3,(H,18,21). The molecule has 24 heavy (non-hydrogen) atoms. The Balaban J connectivity index is 1.93. The van der Waals surface area contributed by atoms with Gasteiger partial charge in [-0.2, -0.15) is 0 Å². The van der Waals surface area contributed by atoms with E-state index < -0.39 is 10.3 Å². The molecule has 1 aliphatic rings. The molecule has 1 N–H and O–H groups in total. The van der Waals surface area contributed by atoms with Crippen LogP contribution in [0, 0.1) is 21.4 Å². The minimum atomic E-state index is -0.494. The number of anilines is 1. The second-order valence-electron chi connectivity index (χ2n) is 7.11. The number of hydrogen-bond acceptors (Lipinski definition) is 4. The highest BCUT2D eigenvalue weighted by Gasteiger charge is 2.32. The zero-order chi connectivity index (χ0) is 17.9. The van der Waals surface area contributed by atoms with E-state index in [9.17, 15) is 19.7 Å². The van der Waals surface area contributed by atoms with Gasteiger partial charge in [0, 0.05) is 42.2 Å². The molecule has 1 heterocycles. The molecule has 0 saturated carbocycles. The normalized spacial score (nSPS) is 15.9. The van der Waals surface area contributed by atoms with Gasteiger partial charge in [-0.1, -0.05) is 26.8 Å². The summed E-state index contributed by atoms with van der Waals surface area (Å²) in [5, 5.41) is 13.5. The van der Waals surface area contributed by atoms with E-state index in [1.54, 1.807) is 17.0 Å². The molecule has 7 nitrogen and oxygen atoms in total. The van der Waals surface area contributed by atoms with Crippen molar-refractivity contribution in [3.63, 3.8) is 0 Å². The van der Waals surface area contributed by atoms with Crippen LogP contribution in [0.4, 0.5) is 11.4 Å². The number of likely N-dealkylation sites (tertiary alicyclic amines) is 1. The minimum absolute atomic E-state index is 0.0570. The van der Waals surface area contributed by atoms with Crippen molar-refractivity contribution in [1.82, 2.24) is 4.90 Å². The molecule has 1 aromatic carbocycles. The van der Waals surface area contributed by atoms with Crippen LogP contribution < -0.4 is 5.32 Å². The van der Waals surface area contributed by atoms with Gasteiger partial charge in [-0.15, -0.1) is 0 Å². The van der Waals surface area contributed by atoms with Gasteiger partial charge in [-0.05, 0) is 18.9 Å². The van der Waals surface area contributed by atoms with Gasteiger partial charge in [0.1, 0.15) is 0 Å². The maximum atomic E-state index is 12.3. The van der Waals surface area contributed by atoms with E-state index >= 15 is 0 Å². The van der Waals surface area contributed by atoms with Gasteiger partial charge >= 0.3 is 0 Å². The van der Waals surface area contributed by atoms with Crippen molar-refractivity contribution in [2.75, 3.05) is 18.4 Å². The number of benzene rings is 1. The average molecular weight is 333 g/mol. The first-order valence-electron chi connectivity index (χ1n) is 8.03. The van der Waals surface area contributed by atoms with Crippen LogP contribution >= 0.6 is 0 Å². The van der Waals surface area contributed by atoms with Crippen LogP contribution in [0.25, 0.3) is 0 Å². The number of carbonyl (C=O) groups is 2. The molecule has 7 heteroatoms. The fraction of sp³-hybridized carbons (Fsp3) is 0.529. The fourth-order valence-electron chi connectivity index (χ4n) is 2.76. The summed E-state index contributed by atoms with van der Waals surface area (Å²) in [6, 6.07) is 5.89. The molecule has 1 saturated heterocycles. The number of nitro groups is 1. The van der Waals surface area contributed by atoms with Crippen molar-refractivity contribution in [3.8, 4) is 0 Å². The highest BCUT2D eigenvalue weighted by atomic mass is 16.6. The highest BCUT2D eigenvalue weighted by molar-refractivity contribution is 5.93. The van der Waals surface area contributed by atoms with E-state index in [2.05, 4.69) is 5.32 Å². The Hall–Kier alpha value is -2.44. The number of nitrogens with one attached hydrogen (secondary N) is 1. The van der Waals surface area contributed by atoms with Crippen LogP contribution in [0.3, 0.4) is 0 Å². The summed E-state index contributed by atoms with van der Waals surface area (Å²) in [6.07, 6.45) is 1.20. The van der Waals surface area contributed by atoms with Crippen LogP contribution in [0.1, 0.15) is 33.6 Å². The quantitative estimate of drug-likeness (QED) is 0.680. The number of nitrogens with zero attached hydrogens (tertiary/aromatic N) is 2. The van der Waals surface area contributed by atoms with E-state index in [4.69, 9.17) is 0 Å². The van der Waals surface area contributed by atoms with Crippen molar-refractivity contribution in [3.05, 3.63) is 34.4 Å². The van der Waals surface area contributed by atoms with Gasteiger partial charge in [0.05, 0.1) is 4.92 Å². The predicted octanol–water partition coefficient (Wildman–Crippen LogP) is 2.82. The molecule has 1 aromatic rings. The number of non-ortho nitro benzene ring substituents is 1. The maximum absolute atomic E-state index is 12.3. The number of hydrogen-bond donors (Lipinski definition) is 1. The molecule has 0 bridgehead atoms. The van der Waals surface area contributed by atoms with Crippen LogP contribution in [-0.4, -0.2) is 34.7 Å². The Morgan fingerprint density at radius 1 is 1.25 bits per heavy atom. The highest BCUT2D eigenvalue weighted by Crippen LogP contribution is 2.25. The van der Waals surface area contributed by atoms with E-state index in [0.29, 0.717) is 31.6 Å². The molecule has 2 amide bonds. The van der Waals surface area contributed by atoms with Crippen LogP contribution in [0.15, 0.2) is 24.3 Å². The van der Waals surface area contributed by atoms with Gasteiger partial charge in [-0.3, -0.25) is 19.7 Å². The molecule has 0 atom stereocenters. The van der Waals surface area contributed by atoms with Gasteiger partial charge < -0.3 is 10.2 Å². The van der Waals surface area contributed by atoms with E-state index in [1.165, 1.54) is 12.1 Å². The van der Waals surface area contributed by atoms with Crippen LogP contribution in [0.2, 0.25) is 0 Å². The molecule has 0 unspecified atom stereocenters. The number of amides is 2. The maximum Gasteiger partial charge on any atom is 0.271 e. The molecule has 130 valence electrons. The topological polar surface area (TPSA) is 92.6 Å². The smallest absolute Gasteiger partial charge is 0.271 e. The summed E-state index contributed by atoms with van der Waals surface area (Å²) in [6.45, 7) is 6.77. The largest absolute Gasteiger partial charge is 0.342 e. The summed E-state index contributed by atoms with van der Waals surface area (Å²) in [4.78, 5) is 36.7. The predicted molar refractivity (Wildman–Crippen MR) is 90.5 cm³/mol. The molecule has 1 aliphatic heterocycles. The Labute approximate surface area is 141 Å². The third-order valence-electron chi connectivity index (χ3n) is 4.12. The molecule has 0 radical (unpaired) electrons. The molecular weight excluding hydrogens is 310 g/mol. The first-order chi connectivity index (χ1) is 11.2. The molecular formula is C17H23N3O4. The summed E-state index contributed by atoms with van der Waals surface area (Å²) >= 11 is 0. The summed E-state index contributed by atoms with van der Waals surface area (Å²) in [5.74, 6) is -0.244. The first-order valence-corrected chi connectivity index (χ1v) is 8.03. The lowest BCUT2D eigenvalue weighted by molar-refractivity contribution is -0.384. The average Bonchev–Trinajstić information content (AvgIpc) is 2.53. The van der Waals surface area contributed by atoms with Crippen LogP contribution in [0.5, 0.6) is 0 Å². The Morgan fingerprint density at radius 2 is 1.88 bits per heavy atom. The van der Waals surface area contributed by atoms with Gasteiger partial charge in [0.15, 0.2) is 0 Å². The van der Waals surface area contributed by atoms with Crippen molar-refractivity contribution >= 4 is 23.2 Å². The number of carbonyl (C=O) groups excluding carboxylic acids is 2. The van der Waals surface area contributed by atoms with Crippen LogP contribution in [-0.2, 0) is 9.59 Å². The third kappa shape index (κ3) is 4.31. The van der Waals surface area contributed by atoms with E-state index in [-0.39, 0.29) is 23.4 Å². The second-order valence-corrected chi connectivity index (χ2v) is 7.11.